The minimum absolute atomic E-state index is 0.175. The molecule has 1 atom stereocenters. The summed E-state index contributed by atoms with van der Waals surface area (Å²) in [5.74, 6) is 0.725. The molecule has 5 nitrogen and oxygen atoms in total. The third-order valence-corrected chi connectivity index (χ3v) is 5.01. The Balaban J connectivity index is 1.93. The summed E-state index contributed by atoms with van der Waals surface area (Å²) < 4.78 is 8.57. The van der Waals surface area contributed by atoms with Gasteiger partial charge in [0.15, 0.2) is 0 Å². The van der Waals surface area contributed by atoms with E-state index >= 15 is 0 Å². The molecule has 3 rings (SSSR count). The molecule has 1 N–H and O–H groups in total. The summed E-state index contributed by atoms with van der Waals surface area (Å²) in [6.45, 7) is -0.187. The normalized spacial score (nSPS) is 11.9. The predicted molar refractivity (Wildman–Crippen MR) is 134 cm³/mol. The maximum atomic E-state index is 12.2. The van der Waals surface area contributed by atoms with Gasteiger partial charge < -0.3 is 14.8 Å². The third kappa shape index (κ3) is 7.97. The molecule has 0 aliphatic rings. The van der Waals surface area contributed by atoms with Crippen LogP contribution in [0.15, 0.2) is 89.9 Å². The Morgan fingerprint density at radius 1 is 0.909 bits per heavy atom. The van der Waals surface area contributed by atoms with E-state index in [-0.39, 0.29) is 13.2 Å². The summed E-state index contributed by atoms with van der Waals surface area (Å²) in [7, 11) is 1.61. The molecule has 0 aliphatic heterocycles. The van der Waals surface area contributed by atoms with Crippen LogP contribution in [0.3, 0.4) is 0 Å². The van der Waals surface area contributed by atoms with Gasteiger partial charge in [0.05, 0.1) is 18.9 Å². The highest BCUT2D eigenvalue weighted by atomic mass is 35.6. The first-order valence-corrected chi connectivity index (χ1v) is 11.3. The van der Waals surface area contributed by atoms with Crippen molar-refractivity contribution in [3.8, 4) is 5.75 Å². The zero-order valence-corrected chi connectivity index (χ0v) is 20.1. The quantitative estimate of drug-likeness (QED) is 0.286. The van der Waals surface area contributed by atoms with Crippen LogP contribution in [0.5, 0.6) is 5.75 Å². The van der Waals surface area contributed by atoms with Gasteiger partial charge in [0.2, 0.25) is 3.79 Å². The first-order valence-electron chi connectivity index (χ1n) is 10.2. The Morgan fingerprint density at radius 2 is 1.45 bits per heavy atom. The second-order valence-electron chi connectivity index (χ2n) is 7.07. The molecule has 0 radical (unpaired) electrons. The Labute approximate surface area is 208 Å². The fraction of sp³-hybridized carbons (Fsp3) is 0.200. The number of halogens is 3. The van der Waals surface area contributed by atoms with Gasteiger partial charge in [-0.25, -0.2) is 4.79 Å². The van der Waals surface area contributed by atoms with Crippen molar-refractivity contribution in [1.82, 2.24) is 5.32 Å². The number of hydrogen-bond acceptors (Lipinski definition) is 4. The lowest BCUT2D eigenvalue weighted by atomic mass is 10.0. The number of benzene rings is 3. The molecule has 0 aromatic heterocycles. The summed E-state index contributed by atoms with van der Waals surface area (Å²) in [5, 5.41) is 2.72. The van der Waals surface area contributed by atoms with Crippen molar-refractivity contribution in [2.24, 2.45) is 4.99 Å². The van der Waals surface area contributed by atoms with Gasteiger partial charge in [0.25, 0.3) is 0 Å². The molecule has 172 valence electrons. The number of amides is 1. The van der Waals surface area contributed by atoms with Crippen molar-refractivity contribution in [1.29, 1.82) is 0 Å². The van der Waals surface area contributed by atoms with Gasteiger partial charge in [-0.1, -0.05) is 108 Å². The van der Waals surface area contributed by atoms with Crippen LogP contribution in [0.2, 0.25) is 0 Å². The van der Waals surface area contributed by atoms with Crippen LogP contribution in [-0.4, -0.2) is 35.9 Å². The summed E-state index contributed by atoms with van der Waals surface area (Å²) >= 11 is 17.0. The zero-order valence-electron chi connectivity index (χ0n) is 17.9. The fourth-order valence-corrected chi connectivity index (χ4v) is 3.27. The van der Waals surface area contributed by atoms with E-state index in [0.717, 1.165) is 28.2 Å². The Hall–Kier alpha value is -2.73. The highest BCUT2D eigenvalue weighted by molar-refractivity contribution is 6.67. The second kappa shape index (κ2) is 11.9. The van der Waals surface area contributed by atoms with Crippen LogP contribution in [0.4, 0.5) is 4.79 Å². The van der Waals surface area contributed by atoms with E-state index in [1.54, 1.807) is 7.11 Å². The standard InChI is InChI=1S/C25H23Cl3N2O3/c1-32-21-14-12-18(13-15-21)22(16-29-24(31)33-17-25(26,27)28)30-23(19-8-4-2-5-9-19)20-10-6-3-7-11-20/h2-15,22H,16-17H2,1H3,(H,29,31)/t22-/m0/s1. The van der Waals surface area contributed by atoms with Crippen molar-refractivity contribution in [2.75, 3.05) is 20.3 Å². The van der Waals surface area contributed by atoms with Gasteiger partial charge in [-0.2, -0.15) is 0 Å². The molecule has 3 aromatic rings. The van der Waals surface area contributed by atoms with Crippen LogP contribution >= 0.6 is 34.8 Å². The van der Waals surface area contributed by atoms with Crippen LogP contribution in [0.25, 0.3) is 0 Å². The van der Waals surface area contributed by atoms with E-state index in [0.29, 0.717) is 0 Å². The molecular formula is C25H23Cl3N2O3. The second-order valence-corrected chi connectivity index (χ2v) is 9.59. The van der Waals surface area contributed by atoms with Crippen molar-refractivity contribution in [3.05, 3.63) is 102 Å². The molecule has 0 saturated heterocycles. The van der Waals surface area contributed by atoms with Gasteiger partial charge in [0.1, 0.15) is 12.4 Å². The van der Waals surface area contributed by atoms with E-state index in [1.165, 1.54) is 0 Å². The summed E-state index contributed by atoms with van der Waals surface area (Å²) in [6, 6.07) is 26.9. The minimum atomic E-state index is -1.68. The number of alkyl carbamates (subject to hydrolysis) is 1. The molecule has 8 heteroatoms. The molecule has 0 unspecified atom stereocenters. The number of hydrogen-bond donors (Lipinski definition) is 1. The number of methoxy groups -OCH3 is 1. The lowest BCUT2D eigenvalue weighted by molar-refractivity contribution is 0.148. The maximum absolute atomic E-state index is 12.2. The Kier molecular flexibility index (Phi) is 9.01. The van der Waals surface area contributed by atoms with Crippen molar-refractivity contribution in [3.63, 3.8) is 0 Å². The molecule has 0 heterocycles. The largest absolute Gasteiger partial charge is 0.497 e. The van der Waals surface area contributed by atoms with Gasteiger partial charge in [0, 0.05) is 17.7 Å². The van der Waals surface area contributed by atoms with Gasteiger partial charge in [-0.15, -0.1) is 0 Å². The summed E-state index contributed by atoms with van der Waals surface area (Å²) in [5.41, 5.74) is 3.61. The molecule has 0 saturated carbocycles. The lowest BCUT2D eigenvalue weighted by Gasteiger charge is -2.18. The molecular weight excluding hydrogens is 483 g/mol. The minimum Gasteiger partial charge on any atom is -0.497 e. The molecule has 1 amide bonds. The number of carbonyl (C=O) groups excluding carboxylic acids is 1. The van der Waals surface area contributed by atoms with Crippen LogP contribution in [0.1, 0.15) is 22.7 Å². The monoisotopic (exact) mass is 504 g/mol. The van der Waals surface area contributed by atoms with Crippen molar-refractivity contribution in [2.45, 2.75) is 9.83 Å². The van der Waals surface area contributed by atoms with E-state index < -0.39 is 15.9 Å². The Bertz CT molecular complexity index is 1010. The molecule has 0 fully saturated rings. The predicted octanol–water partition coefficient (Wildman–Crippen LogP) is 6.37. The topological polar surface area (TPSA) is 59.9 Å². The van der Waals surface area contributed by atoms with E-state index in [9.17, 15) is 4.79 Å². The average molecular weight is 506 g/mol. The summed E-state index contributed by atoms with van der Waals surface area (Å²) in [4.78, 5) is 17.2. The molecule has 0 aliphatic carbocycles. The number of nitrogens with zero attached hydrogens (tertiary/aromatic N) is 1. The highest BCUT2D eigenvalue weighted by Crippen LogP contribution is 2.26. The number of alkyl halides is 3. The number of carbonyl (C=O) groups is 1. The molecule has 3 aromatic carbocycles. The highest BCUT2D eigenvalue weighted by Gasteiger charge is 2.23. The van der Waals surface area contributed by atoms with Crippen LogP contribution in [-0.2, 0) is 4.74 Å². The van der Waals surface area contributed by atoms with Crippen LogP contribution < -0.4 is 10.1 Å². The van der Waals surface area contributed by atoms with Gasteiger partial charge in [-0.3, -0.25) is 4.99 Å². The summed E-state index contributed by atoms with van der Waals surface area (Å²) in [6.07, 6.45) is -0.698. The first kappa shape index (κ1) is 24.9. The smallest absolute Gasteiger partial charge is 0.407 e. The van der Waals surface area contributed by atoms with Crippen LogP contribution in [0, 0.1) is 0 Å². The number of nitrogens with one attached hydrogen (secondary N) is 1. The van der Waals surface area contributed by atoms with E-state index in [4.69, 9.17) is 49.3 Å². The molecule has 33 heavy (non-hydrogen) atoms. The number of aliphatic imine (C=N–C) groups is 1. The Morgan fingerprint density at radius 3 is 1.94 bits per heavy atom. The zero-order chi connectivity index (χ0) is 23.7. The lowest BCUT2D eigenvalue weighted by Crippen LogP contribution is -2.31. The average Bonchev–Trinajstić information content (AvgIpc) is 2.83. The van der Waals surface area contributed by atoms with E-state index in [2.05, 4.69) is 5.32 Å². The molecule has 0 bridgehead atoms. The first-order chi connectivity index (χ1) is 15.9. The molecule has 0 spiro atoms. The van der Waals surface area contributed by atoms with E-state index in [1.807, 2.05) is 84.9 Å². The van der Waals surface area contributed by atoms with Crippen molar-refractivity contribution < 1.29 is 14.3 Å². The maximum Gasteiger partial charge on any atom is 0.407 e. The number of ether oxygens (including phenoxy) is 2. The van der Waals surface area contributed by atoms with Crippen molar-refractivity contribution >= 4 is 46.6 Å². The fourth-order valence-electron chi connectivity index (χ4n) is 3.11. The van der Waals surface area contributed by atoms with Gasteiger partial charge >= 0.3 is 6.09 Å². The third-order valence-electron chi connectivity index (χ3n) is 4.69. The number of rotatable bonds is 8. The van der Waals surface area contributed by atoms with Gasteiger partial charge in [-0.05, 0) is 17.7 Å². The SMILES string of the molecule is COc1ccc([C@H](CNC(=O)OCC(Cl)(Cl)Cl)N=C(c2ccccc2)c2ccccc2)cc1.